The van der Waals surface area contributed by atoms with E-state index < -0.39 is 0 Å². The lowest BCUT2D eigenvalue weighted by atomic mass is 10.1. The average Bonchev–Trinajstić information content (AvgIpc) is 2.26. The molecule has 0 N–H and O–H groups in total. The van der Waals surface area contributed by atoms with Gasteiger partial charge in [-0.3, -0.25) is 0 Å². The number of quaternary nitrogens is 1. The second-order valence-corrected chi connectivity index (χ2v) is 4.37. The summed E-state index contributed by atoms with van der Waals surface area (Å²) in [5.74, 6) is 2.26. The Bertz CT molecular complexity index is 299. The highest BCUT2D eigenvalue weighted by Gasteiger charge is 2.26. The van der Waals surface area contributed by atoms with Crippen molar-refractivity contribution < 1.29 is 8.90 Å². The van der Waals surface area contributed by atoms with Gasteiger partial charge < -0.3 is 8.90 Å². The van der Waals surface area contributed by atoms with Crippen molar-refractivity contribution >= 4 is 0 Å². The SMILES string of the molecule is Cc1cc2c(o1)C[N+](C)(C)CC2. The fourth-order valence-corrected chi connectivity index (χ4v) is 1.85. The van der Waals surface area contributed by atoms with E-state index in [1.807, 2.05) is 6.92 Å². The van der Waals surface area contributed by atoms with Crippen LogP contribution in [0, 0.1) is 6.92 Å². The van der Waals surface area contributed by atoms with Gasteiger partial charge in [-0.05, 0) is 13.0 Å². The zero-order valence-electron chi connectivity index (χ0n) is 8.05. The fourth-order valence-electron chi connectivity index (χ4n) is 1.85. The molecule has 0 unspecified atom stereocenters. The van der Waals surface area contributed by atoms with Crippen LogP contribution in [0.4, 0.5) is 0 Å². The smallest absolute Gasteiger partial charge is 0.161 e. The van der Waals surface area contributed by atoms with E-state index in [9.17, 15) is 0 Å². The van der Waals surface area contributed by atoms with Gasteiger partial charge in [0.05, 0.1) is 20.6 Å². The normalized spacial score (nSPS) is 20.6. The van der Waals surface area contributed by atoms with Crippen LogP contribution in [0.3, 0.4) is 0 Å². The monoisotopic (exact) mass is 166 g/mol. The number of hydrogen-bond acceptors (Lipinski definition) is 1. The molecule has 0 bridgehead atoms. The molecular weight excluding hydrogens is 150 g/mol. The standard InChI is InChI=1S/C10H16NO/c1-8-6-9-4-5-11(2,3)7-10(9)12-8/h6H,4-5,7H2,1-3H3/q+1. The summed E-state index contributed by atoms with van der Waals surface area (Å²) in [5, 5.41) is 0. The summed E-state index contributed by atoms with van der Waals surface area (Å²) in [6, 6.07) is 2.18. The number of aryl methyl sites for hydroxylation is 1. The van der Waals surface area contributed by atoms with Gasteiger partial charge >= 0.3 is 0 Å². The van der Waals surface area contributed by atoms with Crippen molar-refractivity contribution in [3.63, 3.8) is 0 Å². The summed E-state index contributed by atoms with van der Waals surface area (Å²) >= 11 is 0. The highest BCUT2D eigenvalue weighted by molar-refractivity contribution is 5.22. The summed E-state index contributed by atoms with van der Waals surface area (Å²) in [6.45, 7) is 4.30. The molecule has 0 atom stereocenters. The number of furan rings is 1. The third-order valence-corrected chi connectivity index (χ3v) is 2.58. The Morgan fingerprint density at radius 1 is 1.42 bits per heavy atom. The van der Waals surface area contributed by atoms with Crippen LogP contribution in [0.1, 0.15) is 17.1 Å². The third-order valence-electron chi connectivity index (χ3n) is 2.58. The van der Waals surface area contributed by atoms with Crippen LogP contribution < -0.4 is 0 Å². The molecule has 0 radical (unpaired) electrons. The van der Waals surface area contributed by atoms with E-state index >= 15 is 0 Å². The van der Waals surface area contributed by atoms with Gasteiger partial charge in [0.2, 0.25) is 0 Å². The Morgan fingerprint density at radius 3 is 2.92 bits per heavy atom. The Morgan fingerprint density at radius 2 is 2.17 bits per heavy atom. The molecule has 2 nitrogen and oxygen atoms in total. The molecule has 0 saturated heterocycles. The highest BCUT2D eigenvalue weighted by atomic mass is 16.3. The van der Waals surface area contributed by atoms with Crippen LogP contribution in [0.15, 0.2) is 10.5 Å². The van der Waals surface area contributed by atoms with E-state index in [1.54, 1.807) is 0 Å². The van der Waals surface area contributed by atoms with E-state index in [2.05, 4.69) is 20.2 Å². The lowest BCUT2D eigenvalue weighted by molar-refractivity contribution is -0.906. The molecule has 1 aromatic heterocycles. The van der Waals surface area contributed by atoms with Gasteiger partial charge in [0.25, 0.3) is 0 Å². The van der Waals surface area contributed by atoms with Crippen molar-refractivity contribution in [3.8, 4) is 0 Å². The number of nitrogens with zero attached hydrogens (tertiary/aromatic N) is 1. The minimum Gasteiger partial charge on any atom is -0.460 e. The predicted octanol–water partition coefficient (Wildman–Crippen LogP) is 1.72. The Balaban J connectivity index is 2.34. The number of likely N-dealkylation sites (N-methyl/N-ethyl adjacent to an activating group) is 1. The summed E-state index contributed by atoms with van der Waals surface area (Å²) in [7, 11) is 4.50. The molecule has 0 aliphatic carbocycles. The molecule has 0 aromatic carbocycles. The van der Waals surface area contributed by atoms with Crippen molar-refractivity contribution in [1.29, 1.82) is 0 Å². The third kappa shape index (κ3) is 1.27. The van der Waals surface area contributed by atoms with Crippen molar-refractivity contribution in [2.45, 2.75) is 19.9 Å². The van der Waals surface area contributed by atoms with Gasteiger partial charge in [0.1, 0.15) is 12.3 Å². The molecule has 1 aliphatic heterocycles. The van der Waals surface area contributed by atoms with Crippen molar-refractivity contribution in [2.24, 2.45) is 0 Å². The van der Waals surface area contributed by atoms with Crippen LogP contribution in [0.5, 0.6) is 0 Å². The van der Waals surface area contributed by atoms with Crippen LogP contribution in [0.2, 0.25) is 0 Å². The molecule has 0 amide bonds. The summed E-state index contributed by atoms with van der Waals surface area (Å²) in [4.78, 5) is 0. The molecular formula is C10H16NO+. The van der Waals surface area contributed by atoms with Crippen LogP contribution in [0.25, 0.3) is 0 Å². The largest absolute Gasteiger partial charge is 0.460 e. The molecule has 0 saturated carbocycles. The zero-order valence-corrected chi connectivity index (χ0v) is 8.05. The first-order chi connectivity index (χ1) is 5.57. The average molecular weight is 166 g/mol. The molecule has 12 heavy (non-hydrogen) atoms. The molecule has 2 rings (SSSR count). The second-order valence-electron chi connectivity index (χ2n) is 4.37. The minimum atomic E-state index is 1.04. The van der Waals surface area contributed by atoms with Crippen molar-refractivity contribution in [3.05, 3.63) is 23.2 Å². The lowest BCUT2D eigenvalue weighted by Crippen LogP contribution is -2.43. The van der Waals surface area contributed by atoms with Gasteiger partial charge in [-0.25, -0.2) is 0 Å². The predicted molar refractivity (Wildman–Crippen MR) is 47.8 cm³/mol. The second kappa shape index (κ2) is 2.36. The summed E-state index contributed by atoms with van der Waals surface area (Å²) in [5.41, 5.74) is 1.42. The Hall–Kier alpha value is -0.760. The molecule has 0 fully saturated rings. The van der Waals surface area contributed by atoms with Gasteiger partial charge in [0.15, 0.2) is 5.76 Å². The first-order valence-electron chi connectivity index (χ1n) is 4.47. The summed E-state index contributed by atoms with van der Waals surface area (Å²) in [6.07, 6.45) is 1.17. The molecule has 1 aliphatic rings. The molecule has 2 heteroatoms. The van der Waals surface area contributed by atoms with E-state index in [0.29, 0.717) is 0 Å². The zero-order chi connectivity index (χ0) is 8.77. The van der Waals surface area contributed by atoms with E-state index in [1.165, 1.54) is 24.3 Å². The summed E-state index contributed by atoms with van der Waals surface area (Å²) < 4.78 is 6.68. The van der Waals surface area contributed by atoms with Crippen LogP contribution >= 0.6 is 0 Å². The Kier molecular flexibility index (Phi) is 1.55. The maximum atomic E-state index is 5.63. The van der Waals surface area contributed by atoms with E-state index in [0.717, 1.165) is 16.8 Å². The number of hydrogen-bond donors (Lipinski definition) is 0. The van der Waals surface area contributed by atoms with Crippen molar-refractivity contribution in [1.82, 2.24) is 0 Å². The lowest BCUT2D eigenvalue weighted by Gasteiger charge is -2.32. The molecule has 0 spiro atoms. The van der Waals surface area contributed by atoms with Crippen LogP contribution in [-0.4, -0.2) is 25.1 Å². The maximum absolute atomic E-state index is 5.63. The topological polar surface area (TPSA) is 13.1 Å². The quantitative estimate of drug-likeness (QED) is 0.535. The number of rotatable bonds is 0. The van der Waals surface area contributed by atoms with Gasteiger partial charge in [-0.2, -0.15) is 0 Å². The number of fused-ring (bicyclic) bond motifs is 1. The highest BCUT2D eigenvalue weighted by Crippen LogP contribution is 2.24. The first-order valence-corrected chi connectivity index (χ1v) is 4.47. The fraction of sp³-hybridized carbons (Fsp3) is 0.600. The van der Waals surface area contributed by atoms with Crippen molar-refractivity contribution in [2.75, 3.05) is 20.6 Å². The minimum absolute atomic E-state index is 1.04. The van der Waals surface area contributed by atoms with Gasteiger partial charge in [0, 0.05) is 12.0 Å². The molecule has 2 heterocycles. The maximum Gasteiger partial charge on any atom is 0.161 e. The van der Waals surface area contributed by atoms with Gasteiger partial charge in [-0.15, -0.1) is 0 Å². The molecule has 66 valence electrons. The van der Waals surface area contributed by atoms with E-state index in [-0.39, 0.29) is 0 Å². The van der Waals surface area contributed by atoms with E-state index in [4.69, 9.17) is 4.42 Å². The van der Waals surface area contributed by atoms with Gasteiger partial charge in [-0.1, -0.05) is 0 Å². The van der Waals surface area contributed by atoms with Crippen LogP contribution in [-0.2, 0) is 13.0 Å². The Labute approximate surface area is 73.4 Å². The first kappa shape index (κ1) is 7.87. The molecule has 1 aromatic rings.